The Morgan fingerprint density at radius 1 is 1.38 bits per heavy atom. The minimum absolute atomic E-state index is 0.0253. The largest absolute Gasteiger partial charge is 0.503 e. The number of nitrogens with one attached hydrogen (secondary N) is 1. The lowest BCUT2D eigenvalue weighted by Crippen LogP contribution is -2.76. The van der Waals surface area contributed by atoms with Crippen LogP contribution in [-0.4, -0.2) is 79.7 Å². The SMILES string of the molecule is CC1(C)C(NC(=O)/C(=N\OCc2cc(=O)c(O)cn2O)c2csc(N)n2)C(=O)N1OS(=O)(=O)O.CSC. The van der Waals surface area contributed by atoms with Gasteiger partial charge < -0.3 is 26.2 Å². The Labute approximate surface area is 218 Å². The van der Waals surface area contributed by atoms with Crippen molar-refractivity contribution in [3.63, 3.8) is 0 Å². The van der Waals surface area contributed by atoms with Gasteiger partial charge in [0.15, 0.2) is 23.2 Å². The van der Waals surface area contributed by atoms with E-state index in [0.29, 0.717) is 9.79 Å². The van der Waals surface area contributed by atoms with Crippen LogP contribution in [0.2, 0.25) is 0 Å². The van der Waals surface area contributed by atoms with Crippen LogP contribution in [0.1, 0.15) is 25.2 Å². The molecular formula is C18H24N6O10S3. The van der Waals surface area contributed by atoms with Gasteiger partial charge >= 0.3 is 10.4 Å². The predicted octanol–water partition coefficient (Wildman–Crippen LogP) is -0.430. The number of thioether (sulfide) groups is 1. The molecule has 37 heavy (non-hydrogen) atoms. The second-order valence-electron chi connectivity index (χ2n) is 7.75. The first-order valence-corrected chi connectivity index (χ1v) is 13.8. The van der Waals surface area contributed by atoms with E-state index in [4.69, 9.17) is 15.1 Å². The van der Waals surface area contributed by atoms with E-state index < -0.39 is 57.3 Å². The minimum Gasteiger partial charge on any atom is -0.503 e. The molecule has 0 radical (unpaired) electrons. The quantitative estimate of drug-likeness (QED) is 0.0877. The number of hydrogen-bond acceptors (Lipinski definition) is 14. The number of thiazole rings is 1. The number of amides is 2. The number of nitrogens with two attached hydrogens (primary N) is 1. The highest BCUT2D eigenvalue weighted by Crippen LogP contribution is 2.32. The normalized spacial score (nSPS) is 16.9. The van der Waals surface area contributed by atoms with Gasteiger partial charge in [0.05, 0.1) is 11.7 Å². The van der Waals surface area contributed by atoms with Gasteiger partial charge in [-0.2, -0.15) is 30.0 Å². The summed E-state index contributed by atoms with van der Waals surface area (Å²) in [5.74, 6) is -2.63. The van der Waals surface area contributed by atoms with Crippen LogP contribution in [0.25, 0.3) is 0 Å². The van der Waals surface area contributed by atoms with Gasteiger partial charge in [-0.25, -0.2) is 4.98 Å². The lowest BCUT2D eigenvalue weighted by atomic mass is 9.84. The molecule has 1 unspecified atom stereocenters. The number of pyridine rings is 1. The number of hydroxylamine groups is 2. The van der Waals surface area contributed by atoms with E-state index in [0.717, 1.165) is 23.6 Å². The zero-order chi connectivity index (χ0) is 28.1. The molecule has 1 atom stereocenters. The van der Waals surface area contributed by atoms with Crippen molar-refractivity contribution in [2.24, 2.45) is 5.16 Å². The molecule has 0 saturated carbocycles. The van der Waals surface area contributed by atoms with Crippen molar-refractivity contribution in [2.75, 3.05) is 18.2 Å². The molecule has 1 aliphatic rings. The summed E-state index contributed by atoms with van der Waals surface area (Å²) in [6, 6.07) is -0.396. The second kappa shape index (κ2) is 11.8. The molecule has 16 nitrogen and oxygen atoms in total. The fourth-order valence-electron chi connectivity index (χ4n) is 2.84. The summed E-state index contributed by atoms with van der Waals surface area (Å²) in [5, 5.41) is 26.9. The highest BCUT2D eigenvalue weighted by Gasteiger charge is 2.58. The van der Waals surface area contributed by atoms with Crippen molar-refractivity contribution in [2.45, 2.75) is 32.0 Å². The van der Waals surface area contributed by atoms with Crippen molar-refractivity contribution in [3.05, 3.63) is 39.3 Å². The standard InChI is InChI=1S/C16H18N6O10S2.C2H6S/c1-16(2)12(14(26)22(16)32-34(28,29)30)19-13(25)11(8-6-33-15(17)18-8)20-31-5-7-3-9(23)10(24)4-21(7)27;1-3-2/h3-4,6,12,24,27H,5H2,1-2H3,(H2,17,18)(H,19,25)(H,28,29,30);1-2H3/b20-11-;. The number of oxime groups is 1. The summed E-state index contributed by atoms with van der Waals surface area (Å²) in [7, 11) is -4.98. The Morgan fingerprint density at radius 2 is 2.00 bits per heavy atom. The maximum Gasteiger partial charge on any atom is 0.418 e. The minimum atomic E-state index is -4.98. The molecule has 2 amide bonds. The number of rotatable bonds is 8. The van der Waals surface area contributed by atoms with E-state index >= 15 is 0 Å². The molecular weight excluding hydrogens is 556 g/mol. The summed E-state index contributed by atoms with van der Waals surface area (Å²) in [4.78, 5) is 45.7. The smallest absolute Gasteiger partial charge is 0.418 e. The van der Waals surface area contributed by atoms with Crippen LogP contribution in [0, 0.1) is 0 Å². The number of nitrogen functional groups attached to an aromatic ring is 1. The highest BCUT2D eigenvalue weighted by molar-refractivity contribution is 7.97. The molecule has 0 bridgehead atoms. The monoisotopic (exact) mass is 580 g/mol. The number of aromatic nitrogens is 2. The molecule has 204 valence electrons. The van der Waals surface area contributed by atoms with E-state index in [1.54, 1.807) is 11.8 Å². The van der Waals surface area contributed by atoms with E-state index in [-0.39, 0.29) is 16.5 Å². The predicted molar refractivity (Wildman–Crippen MR) is 132 cm³/mol. The third kappa shape index (κ3) is 7.32. The molecule has 6 N–H and O–H groups in total. The van der Waals surface area contributed by atoms with Crippen molar-refractivity contribution < 1.29 is 42.0 Å². The third-order valence-electron chi connectivity index (χ3n) is 4.56. The van der Waals surface area contributed by atoms with Crippen LogP contribution < -0.4 is 16.5 Å². The van der Waals surface area contributed by atoms with Crippen LogP contribution in [-0.2, 0) is 35.7 Å². The molecule has 1 fully saturated rings. The van der Waals surface area contributed by atoms with Gasteiger partial charge in [-0.15, -0.1) is 15.6 Å². The number of carbonyl (C=O) groups excluding carboxylic acids is 2. The average molecular weight is 581 g/mol. The fourth-order valence-corrected chi connectivity index (χ4v) is 3.85. The molecule has 0 spiro atoms. The lowest BCUT2D eigenvalue weighted by molar-refractivity contribution is -0.218. The molecule has 0 aromatic carbocycles. The Morgan fingerprint density at radius 3 is 2.51 bits per heavy atom. The maximum atomic E-state index is 12.9. The van der Waals surface area contributed by atoms with Crippen LogP contribution >= 0.6 is 23.1 Å². The molecule has 1 saturated heterocycles. The molecule has 2 aromatic rings. The zero-order valence-electron chi connectivity index (χ0n) is 19.8. The summed E-state index contributed by atoms with van der Waals surface area (Å²) < 4.78 is 35.3. The molecule has 1 aliphatic heterocycles. The molecule has 2 aromatic heterocycles. The van der Waals surface area contributed by atoms with E-state index in [1.165, 1.54) is 19.2 Å². The Kier molecular flexibility index (Phi) is 9.49. The third-order valence-corrected chi connectivity index (χ3v) is 5.57. The van der Waals surface area contributed by atoms with Gasteiger partial charge in [0.25, 0.3) is 11.8 Å². The number of nitrogens with zero attached hydrogens (tertiary/aromatic N) is 4. The Balaban J connectivity index is 0.00000153. The lowest BCUT2D eigenvalue weighted by Gasteiger charge is -2.50. The van der Waals surface area contributed by atoms with Crippen LogP contribution in [0.15, 0.2) is 27.6 Å². The molecule has 0 aliphatic carbocycles. The maximum absolute atomic E-state index is 12.9. The van der Waals surface area contributed by atoms with Gasteiger partial charge in [0.1, 0.15) is 17.4 Å². The number of anilines is 1. The first-order chi connectivity index (χ1) is 17.1. The van der Waals surface area contributed by atoms with E-state index in [9.17, 15) is 33.1 Å². The Bertz CT molecular complexity index is 1350. The summed E-state index contributed by atoms with van der Waals surface area (Å²) in [5.41, 5.74) is 2.85. The molecule has 3 rings (SSSR count). The summed E-state index contributed by atoms with van der Waals surface area (Å²) >= 11 is 2.73. The van der Waals surface area contributed by atoms with Gasteiger partial charge in [0.2, 0.25) is 5.43 Å². The van der Waals surface area contributed by atoms with Gasteiger partial charge in [-0.1, -0.05) is 5.16 Å². The topological polar surface area (TPSA) is 236 Å². The fraction of sp³-hybridized carbons (Fsp3) is 0.389. The Hall–Kier alpha value is -3.39. The highest BCUT2D eigenvalue weighted by atomic mass is 32.3. The first kappa shape index (κ1) is 29.8. The summed E-state index contributed by atoms with van der Waals surface area (Å²) in [6.45, 7) is 2.22. The summed E-state index contributed by atoms with van der Waals surface area (Å²) in [6.07, 6.45) is 4.82. The number of carbonyl (C=O) groups is 2. The number of β-lactam (4-membered cyclic amide) rings is 1. The van der Waals surface area contributed by atoms with Gasteiger partial charge in [-0.3, -0.25) is 18.9 Å². The molecule has 3 heterocycles. The van der Waals surface area contributed by atoms with Crippen LogP contribution in [0.5, 0.6) is 5.75 Å². The van der Waals surface area contributed by atoms with Gasteiger partial charge in [-0.05, 0) is 26.4 Å². The van der Waals surface area contributed by atoms with E-state index in [2.05, 4.69) is 19.7 Å². The van der Waals surface area contributed by atoms with Gasteiger partial charge in [0, 0.05) is 11.4 Å². The first-order valence-electron chi connectivity index (χ1n) is 9.89. The molecule has 19 heteroatoms. The van der Waals surface area contributed by atoms with Crippen molar-refractivity contribution in [3.8, 4) is 5.75 Å². The number of aromatic hydroxyl groups is 1. The van der Waals surface area contributed by atoms with E-state index in [1.807, 2.05) is 12.5 Å². The van der Waals surface area contributed by atoms with Crippen LogP contribution in [0.3, 0.4) is 0 Å². The van der Waals surface area contributed by atoms with Crippen molar-refractivity contribution in [1.82, 2.24) is 20.1 Å². The zero-order valence-corrected chi connectivity index (χ0v) is 22.3. The van der Waals surface area contributed by atoms with Crippen molar-refractivity contribution >= 4 is 56.2 Å². The van der Waals surface area contributed by atoms with Crippen LogP contribution in [0.4, 0.5) is 5.13 Å². The number of hydrogen-bond donors (Lipinski definition) is 5. The second-order valence-corrected chi connectivity index (χ2v) is 10.5. The average Bonchev–Trinajstić information content (AvgIpc) is 3.22. The van der Waals surface area contributed by atoms with Crippen molar-refractivity contribution in [1.29, 1.82) is 0 Å².